The number of pyridine rings is 1. The average Bonchev–Trinajstić information content (AvgIpc) is 3.14. The van der Waals surface area contributed by atoms with Gasteiger partial charge in [0.05, 0.1) is 21.3 Å². The van der Waals surface area contributed by atoms with Crippen LogP contribution in [-0.2, 0) is 10.9 Å². The van der Waals surface area contributed by atoms with Gasteiger partial charge in [0.25, 0.3) is 5.91 Å². The number of ether oxygens (including phenoxy) is 2. The molecule has 1 saturated carbocycles. The molecule has 2 aromatic rings. The smallest absolute Gasteiger partial charge is 0.418 e. The maximum atomic E-state index is 13.6. The first kappa shape index (κ1) is 23.6. The minimum atomic E-state index is -4.62. The monoisotopic (exact) mass is 486 g/mol. The third kappa shape index (κ3) is 4.86. The quantitative estimate of drug-likeness (QED) is 0.714. The van der Waals surface area contributed by atoms with Crippen molar-refractivity contribution in [1.82, 2.24) is 20.1 Å². The Kier molecular flexibility index (Phi) is 6.41. The average molecular weight is 487 g/mol. The van der Waals surface area contributed by atoms with E-state index in [0.29, 0.717) is 19.4 Å². The van der Waals surface area contributed by atoms with Crippen LogP contribution in [0.2, 0.25) is 0 Å². The molecule has 33 heavy (non-hydrogen) atoms. The number of thiophene rings is 1. The zero-order valence-electron chi connectivity index (χ0n) is 18.4. The Labute approximate surface area is 192 Å². The van der Waals surface area contributed by atoms with Gasteiger partial charge in [-0.3, -0.25) is 4.79 Å². The molecular weight excluding hydrogens is 461 g/mol. The van der Waals surface area contributed by atoms with E-state index in [1.165, 1.54) is 12.4 Å². The maximum Gasteiger partial charge on any atom is 0.418 e. The van der Waals surface area contributed by atoms with Crippen LogP contribution in [-0.4, -0.2) is 78.8 Å². The standard InChI is InChI=1S/C21H25F3N4O4S/c1-11-9-27(3)4-5-28(11)20(30)32-13-6-12(7-13)31-16-8-15(21(22,23)24)18-17(26-16)14(10-33-18)19(29)25-2/h8,10-13H,4-7,9H2,1-3H3,(H,25,29)/t11-,12?,13?/m0/s1. The lowest BCUT2D eigenvalue weighted by Crippen LogP contribution is -2.54. The Bertz CT molecular complexity index is 1050. The van der Waals surface area contributed by atoms with Crippen LogP contribution in [0.1, 0.15) is 35.7 Å². The molecule has 1 saturated heterocycles. The summed E-state index contributed by atoms with van der Waals surface area (Å²) in [7, 11) is 3.39. The largest absolute Gasteiger partial charge is 0.474 e. The molecule has 12 heteroatoms. The van der Waals surface area contributed by atoms with E-state index in [0.717, 1.165) is 30.5 Å². The lowest BCUT2D eigenvalue weighted by Gasteiger charge is -2.40. The second-order valence-electron chi connectivity index (χ2n) is 8.43. The molecule has 4 rings (SSSR count). The number of nitrogens with one attached hydrogen (secondary N) is 1. The van der Waals surface area contributed by atoms with Crippen molar-refractivity contribution >= 4 is 33.6 Å². The lowest BCUT2D eigenvalue weighted by molar-refractivity contribution is -0.136. The van der Waals surface area contributed by atoms with Gasteiger partial charge in [-0.25, -0.2) is 9.78 Å². The number of amides is 2. The first-order valence-corrected chi connectivity index (χ1v) is 11.5. The van der Waals surface area contributed by atoms with Gasteiger partial charge in [0, 0.05) is 57.0 Å². The summed E-state index contributed by atoms with van der Waals surface area (Å²) < 4.78 is 52.0. The predicted octanol–water partition coefficient (Wildman–Crippen LogP) is 3.36. The Morgan fingerprint density at radius 2 is 1.97 bits per heavy atom. The molecule has 1 aliphatic heterocycles. The van der Waals surface area contributed by atoms with Crippen LogP contribution in [0, 0.1) is 0 Å². The van der Waals surface area contributed by atoms with Gasteiger partial charge in [-0.05, 0) is 14.0 Å². The van der Waals surface area contributed by atoms with Crippen molar-refractivity contribution in [3.8, 4) is 5.88 Å². The van der Waals surface area contributed by atoms with Gasteiger partial charge in [-0.2, -0.15) is 13.2 Å². The molecule has 8 nitrogen and oxygen atoms in total. The molecule has 180 valence electrons. The van der Waals surface area contributed by atoms with Crippen LogP contribution < -0.4 is 10.1 Å². The minimum Gasteiger partial charge on any atom is -0.474 e. The number of alkyl halides is 3. The van der Waals surface area contributed by atoms with Crippen LogP contribution >= 0.6 is 11.3 Å². The molecule has 3 heterocycles. The first-order chi connectivity index (χ1) is 15.6. The number of likely N-dealkylation sites (N-methyl/N-ethyl adjacent to an activating group) is 1. The number of hydrogen-bond acceptors (Lipinski definition) is 7. The third-order valence-corrected chi connectivity index (χ3v) is 6.95. The summed E-state index contributed by atoms with van der Waals surface area (Å²) in [5.74, 6) is -0.728. The summed E-state index contributed by atoms with van der Waals surface area (Å²) in [6.45, 7) is 4.08. The molecule has 1 atom stereocenters. The normalized spacial score (nSPS) is 23.8. The minimum absolute atomic E-state index is 0.0419. The number of hydrogen-bond donors (Lipinski definition) is 1. The van der Waals surface area contributed by atoms with Crippen molar-refractivity contribution in [3.63, 3.8) is 0 Å². The first-order valence-electron chi connectivity index (χ1n) is 10.6. The molecule has 1 N–H and O–H groups in total. The number of rotatable bonds is 4. The van der Waals surface area contributed by atoms with E-state index in [1.54, 1.807) is 4.90 Å². The predicted molar refractivity (Wildman–Crippen MR) is 116 cm³/mol. The van der Waals surface area contributed by atoms with E-state index < -0.39 is 23.8 Å². The second-order valence-corrected chi connectivity index (χ2v) is 9.31. The summed E-state index contributed by atoms with van der Waals surface area (Å²) in [5.41, 5.74) is -0.875. The van der Waals surface area contributed by atoms with Crippen LogP contribution in [0.5, 0.6) is 5.88 Å². The van der Waals surface area contributed by atoms with E-state index in [4.69, 9.17) is 9.47 Å². The number of aromatic nitrogens is 1. The van der Waals surface area contributed by atoms with Gasteiger partial charge in [-0.15, -0.1) is 11.3 Å². The molecule has 0 aromatic carbocycles. The summed E-state index contributed by atoms with van der Waals surface area (Å²) >= 11 is 0.815. The summed E-state index contributed by atoms with van der Waals surface area (Å²) in [6.07, 6.45) is -5.07. The fourth-order valence-electron chi connectivity index (χ4n) is 4.05. The van der Waals surface area contributed by atoms with E-state index in [2.05, 4.69) is 15.2 Å². The summed E-state index contributed by atoms with van der Waals surface area (Å²) in [4.78, 5) is 32.5. The summed E-state index contributed by atoms with van der Waals surface area (Å²) in [5, 5.41) is 3.76. The molecule has 0 bridgehead atoms. The summed E-state index contributed by atoms with van der Waals surface area (Å²) in [6, 6.07) is 0.901. The number of nitrogens with zero attached hydrogens (tertiary/aromatic N) is 3. The highest BCUT2D eigenvalue weighted by molar-refractivity contribution is 7.17. The molecule has 2 fully saturated rings. The van der Waals surface area contributed by atoms with Crippen molar-refractivity contribution in [2.24, 2.45) is 0 Å². The Hall–Kier alpha value is -2.60. The van der Waals surface area contributed by atoms with Crippen LogP contribution in [0.4, 0.5) is 18.0 Å². The molecule has 0 unspecified atom stereocenters. The van der Waals surface area contributed by atoms with Crippen LogP contribution in [0.3, 0.4) is 0 Å². The molecule has 2 aromatic heterocycles. The van der Waals surface area contributed by atoms with Gasteiger partial charge in [0.1, 0.15) is 12.2 Å². The highest BCUT2D eigenvalue weighted by Crippen LogP contribution is 2.41. The Balaban J connectivity index is 1.43. The van der Waals surface area contributed by atoms with Crippen molar-refractivity contribution in [2.45, 2.75) is 44.2 Å². The zero-order valence-corrected chi connectivity index (χ0v) is 19.3. The topological polar surface area (TPSA) is 84.0 Å². The molecule has 0 spiro atoms. The third-order valence-electron chi connectivity index (χ3n) is 5.95. The fourth-order valence-corrected chi connectivity index (χ4v) is 5.08. The van der Waals surface area contributed by atoms with E-state index in [1.807, 2.05) is 14.0 Å². The number of piperazine rings is 1. The van der Waals surface area contributed by atoms with E-state index >= 15 is 0 Å². The SMILES string of the molecule is CNC(=O)c1csc2c(C(F)(F)F)cc(OC3CC(OC(=O)N4CCN(C)C[C@@H]4C)C3)nc12. The van der Waals surface area contributed by atoms with Crippen molar-refractivity contribution in [2.75, 3.05) is 33.7 Å². The number of halogens is 3. The van der Waals surface area contributed by atoms with Crippen LogP contribution in [0.25, 0.3) is 10.2 Å². The molecule has 2 aliphatic rings. The maximum absolute atomic E-state index is 13.6. The highest BCUT2D eigenvalue weighted by Gasteiger charge is 2.39. The molecular formula is C21H25F3N4O4S. The highest BCUT2D eigenvalue weighted by atomic mass is 32.1. The molecule has 0 radical (unpaired) electrons. The van der Waals surface area contributed by atoms with Gasteiger partial charge in [0.2, 0.25) is 5.88 Å². The van der Waals surface area contributed by atoms with Gasteiger partial charge in [0.15, 0.2) is 0 Å². The second kappa shape index (κ2) is 8.98. The van der Waals surface area contributed by atoms with Gasteiger partial charge < -0.3 is 24.6 Å². The number of carbonyl (C=O) groups is 2. The van der Waals surface area contributed by atoms with Crippen molar-refractivity contribution in [1.29, 1.82) is 0 Å². The van der Waals surface area contributed by atoms with E-state index in [-0.39, 0.29) is 39.9 Å². The number of carbonyl (C=O) groups excluding carboxylic acids is 2. The Morgan fingerprint density at radius 1 is 1.24 bits per heavy atom. The van der Waals surface area contributed by atoms with E-state index in [9.17, 15) is 22.8 Å². The molecule has 2 amide bonds. The zero-order chi connectivity index (χ0) is 23.9. The van der Waals surface area contributed by atoms with Crippen molar-refractivity contribution in [3.05, 3.63) is 22.6 Å². The lowest BCUT2D eigenvalue weighted by atomic mass is 9.92. The fraction of sp³-hybridized carbons (Fsp3) is 0.571. The van der Waals surface area contributed by atoms with Gasteiger partial charge in [-0.1, -0.05) is 0 Å². The van der Waals surface area contributed by atoms with Gasteiger partial charge >= 0.3 is 12.3 Å². The number of fused-ring (bicyclic) bond motifs is 1. The van der Waals surface area contributed by atoms with Crippen LogP contribution in [0.15, 0.2) is 11.4 Å². The molecule has 1 aliphatic carbocycles. The Morgan fingerprint density at radius 3 is 2.61 bits per heavy atom. The van der Waals surface area contributed by atoms with Crippen molar-refractivity contribution < 1.29 is 32.2 Å².